The molecule has 3 aromatic rings. The van der Waals surface area contributed by atoms with Gasteiger partial charge >= 0.3 is 0 Å². The molecule has 0 saturated heterocycles. The van der Waals surface area contributed by atoms with Crippen LogP contribution in [0.4, 0.5) is 11.1 Å². The summed E-state index contributed by atoms with van der Waals surface area (Å²) in [5.41, 5.74) is 13.6. The number of benzene rings is 1. The summed E-state index contributed by atoms with van der Waals surface area (Å²) < 4.78 is 0. The lowest BCUT2D eigenvalue weighted by Crippen LogP contribution is -2.21. The summed E-state index contributed by atoms with van der Waals surface area (Å²) in [6, 6.07) is 10.3. The maximum Gasteiger partial charge on any atom is 0.212 e. The van der Waals surface area contributed by atoms with Crippen molar-refractivity contribution in [3.05, 3.63) is 47.5 Å². The highest BCUT2D eigenvalue weighted by Crippen LogP contribution is 2.25. The summed E-state index contributed by atoms with van der Waals surface area (Å²) in [6.07, 6.45) is 2.67. The lowest BCUT2D eigenvalue weighted by Gasteiger charge is -2.02. The molecular weight excluding hydrogens is 310 g/mol. The Labute approximate surface area is 137 Å². The number of H-pyrrole nitrogens is 1. The van der Waals surface area contributed by atoms with E-state index in [1.807, 2.05) is 23.6 Å². The van der Waals surface area contributed by atoms with Gasteiger partial charge in [0.05, 0.1) is 11.9 Å². The molecule has 7 nitrogen and oxygen atoms in total. The van der Waals surface area contributed by atoms with Gasteiger partial charge in [0.15, 0.2) is 5.96 Å². The summed E-state index contributed by atoms with van der Waals surface area (Å²) in [6.45, 7) is 0.799. The molecule has 0 atom stereocenters. The first-order valence-electron chi connectivity index (χ1n) is 7.09. The highest BCUT2D eigenvalue weighted by atomic mass is 32.1. The molecule has 0 radical (unpaired) electrons. The van der Waals surface area contributed by atoms with Crippen molar-refractivity contribution in [1.29, 1.82) is 0 Å². The molecule has 3 rings (SSSR count). The smallest absolute Gasteiger partial charge is 0.212 e. The quantitative estimate of drug-likeness (QED) is 0.408. The topological polar surface area (TPSA) is 118 Å². The molecule has 0 bridgehead atoms. The van der Waals surface area contributed by atoms with Crippen LogP contribution in [0.5, 0.6) is 0 Å². The lowest BCUT2D eigenvalue weighted by atomic mass is 10.1. The Morgan fingerprint density at radius 1 is 1.26 bits per heavy atom. The van der Waals surface area contributed by atoms with E-state index in [9.17, 15) is 0 Å². The molecule has 0 aliphatic rings. The van der Waals surface area contributed by atoms with Gasteiger partial charge in [-0.15, -0.1) is 11.3 Å². The molecule has 0 aliphatic heterocycles. The van der Waals surface area contributed by atoms with E-state index in [1.165, 1.54) is 16.9 Å². The van der Waals surface area contributed by atoms with Gasteiger partial charge in [-0.1, -0.05) is 30.3 Å². The van der Waals surface area contributed by atoms with E-state index < -0.39 is 0 Å². The molecule has 2 aromatic heterocycles. The minimum atomic E-state index is -0.00113. The fourth-order valence-corrected chi connectivity index (χ4v) is 2.77. The van der Waals surface area contributed by atoms with Crippen LogP contribution in [0.1, 0.15) is 5.56 Å². The molecule has 118 valence electrons. The minimum absolute atomic E-state index is 0.00113. The standard InChI is InChI=1S/C15H17N7S/c16-13(17)22-15-21-12(9-23-15)11-8-19-14(20-11)18-7-6-10-4-2-1-3-5-10/h1-5,8-9H,6-7H2,(H2,18,19,20)(H4,16,17,21,22). The van der Waals surface area contributed by atoms with Crippen LogP contribution in [-0.4, -0.2) is 27.5 Å². The summed E-state index contributed by atoms with van der Waals surface area (Å²) in [4.78, 5) is 15.8. The van der Waals surface area contributed by atoms with Crippen LogP contribution in [0.25, 0.3) is 11.4 Å². The van der Waals surface area contributed by atoms with Crippen molar-refractivity contribution in [3.8, 4) is 11.4 Å². The second-order valence-corrected chi connectivity index (χ2v) is 5.70. The molecule has 0 spiro atoms. The molecule has 0 amide bonds. The van der Waals surface area contributed by atoms with Gasteiger partial charge < -0.3 is 21.8 Å². The summed E-state index contributed by atoms with van der Waals surface area (Å²) in [5, 5.41) is 5.66. The van der Waals surface area contributed by atoms with Gasteiger partial charge in [-0.2, -0.15) is 4.99 Å². The average molecular weight is 327 g/mol. The number of hydrogen-bond donors (Lipinski definition) is 4. The Morgan fingerprint density at radius 2 is 2.09 bits per heavy atom. The van der Waals surface area contributed by atoms with Crippen molar-refractivity contribution in [2.75, 3.05) is 11.9 Å². The zero-order valence-electron chi connectivity index (χ0n) is 12.4. The number of rotatable bonds is 6. The lowest BCUT2D eigenvalue weighted by molar-refractivity contribution is 0.998. The number of thiazole rings is 1. The number of guanidine groups is 1. The maximum absolute atomic E-state index is 5.34. The largest absolute Gasteiger partial charge is 0.370 e. The average Bonchev–Trinajstić information content (AvgIpc) is 3.17. The van der Waals surface area contributed by atoms with Crippen molar-refractivity contribution in [2.24, 2.45) is 16.5 Å². The highest BCUT2D eigenvalue weighted by Gasteiger charge is 2.07. The first-order chi connectivity index (χ1) is 11.2. The van der Waals surface area contributed by atoms with Crippen molar-refractivity contribution >= 4 is 28.4 Å². The maximum atomic E-state index is 5.34. The molecular formula is C15H17N7S. The number of imidazole rings is 1. The number of hydrogen-bond acceptors (Lipinski definition) is 5. The predicted molar refractivity (Wildman–Crippen MR) is 93.8 cm³/mol. The van der Waals surface area contributed by atoms with Crippen LogP contribution in [0.3, 0.4) is 0 Å². The molecule has 2 heterocycles. The van der Waals surface area contributed by atoms with Gasteiger partial charge in [0, 0.05) is 11.9 Å². The fraction of sp³-hybridized carbons (Fsp3) is 0.133. The van der Waals surface area contributed by atoms with Crippen molar-refractivity contribution < 1.29 is 0 Å². The van der Waals surface area contributed by atoms with Crippen LogP contribution < -0.4 is 16.8 Å². The number of nitrogens with two attached hydrogens (primary N) is 2. The van der Waals surface area contributed by atoms with Gasteiger partial charge in [0.2, 0.25) is 11.1 Å². The molecule has 0 unspecified atom stereocenters. The second-order valence-electron chi connectivity index (χ2n) is 4.86. The third-order valence-electron chi connectivity index (χ3n) is 3.12. The number of aliphatic imine (C=N–C) groups is 1. The zero-order chi connectivity index (χ0) is 16.1. The first-order valence-corrected chi connectivity index (χ1v) is 7.97. The van der Waals surface area contributed by atoms with Crippen LogP contribution in [0.2, 0.25) is 0 Å². The Bertz CT molecular complexity index is 787. The number of anilines is 1. The molecule has 0 fully saturated rings. The van der Waals surface area contributed by atoms with Crippen LogP contribution in [-0.2, 0) is 6.42 Å². The Kier molecular flexibility index (Phi) is 4.53. The fourth-order valence-electron chi connectivity index (χ4n) is 2.06. The number of aromatic amines is 1. The number of nitrogens with one attached hydrogen (secondary N) is 2. The SMILES string of the molecule is NC(N)=Nc1nc(-c2cnc(NCCc3ccccc3)[nH]2)cs1. The van der Waals surface area contributed by atoms with Crippen LogP contribution >= 0.6 is 11.3 Å². The monoisotopic (exact) mass is 327 g/mol. The van der Waals surface area contributed by atoms with Gasteiger partial charge in [-0.3, -0.25) is 0 Å². The van der Waals surface area contributed by atoms with Gasteiger partial charge in [0.25, 0.3) is 0 Å². The van der Waals surface area contributed by atoms with Crippen molar-refractivity contribution in [1.82, 2.24) is 15.0 Å². The molecule has 23 heavy (non-hydrogen) atoms. The van der Waals surface area contributed by atoms with E-state index in [1.54, 1.807) is 6.20 Å². The van der Waals surface area contributed by atoms with E-state index in [-0.39, 0.29) is 5.96 Å². The van der Waals surface area contributed by atoms with Crippen LogP contribution in [0, 0.1) is 0 Å². The Morgan fingerprint density at radius 3 is 2.87 bits per heavy atom. The first kappa shape index (κ1) is 15.0. The third-order valence-corrected chi connectivity index (χ3v) is 3.85. The van der Waals surface area contributed by atoms with E-state index in [0.717, 1.165) is 24.4 Å². The van der Waals surface area contributed by atoms with E-state index in [4.69, 9.17) is 11.5 Å². The summed E-state index contributed by atoms with van der Waals surface area (Å²) in [5.74, 6) is 0.714. The van der Waals surface area contributed by atoms with Gasteiger partial charge in [0.1, 0.15) is 5.69 Å². The molecule has 8 heteroatoms. The zero-order valence-corrected chi connectivity index (χ0v) is 13.2. The third kappa shape index (κ3) is 4.07. The van der Waals surface area contributed by atoms with E-state index in [0.29, 0.717) is 11.1 Å². The molecule has 0 saturated carbocycles. The minimum Gasteiger partial charge on any atom is -0.370 e. The van der Waals surface area contributed by atoms with E-state index in [2.05, 4.69) is 37.4 Å². The van der Waals surface area contributed by atoms with Crippen molar-refractivity contribution in [2.45, 2.75) is 6.42 Å². The molecule has 6 N–H and O–H groups in total. The Hall–Kier alpha value is -2.87. The van der Waals surface area contributed by atoms with Crippen LogP contribution in [0.15, 0.2) is 46.9 Å². The second kappa shape index (κ2) is 6.93. The van der Waals surface area contributed by atoms with Gasteiger partial charge in [-0.25, -0.2) is 9.97 Å². The predicted octanol–water partition coefficient (Wildman–Crippen LogP) is 2.09. The van der Waals surface area contributed by atoms with Gasteiger partial charge in [-0.05, 0) is 12.0 Å². The number of aromatic nitrogens is 3. The molecule has 1 aromatic carbocycles. The van der Waals surface area contributed by atoms with E-state index >= 15 is 0 Å². The molecule has 0 aliphatic carbocycles. The highest BCUT2D eigenvalue weighted by molar-refractivity contribution is 7.13. The summed E-state index contributed by atoms with van der Waals surface area (Å²) in [7, 11) is 0. The normalized spacial score (nSPS) is 10.4. The Balaban J connectivity index is 1.59. The number of nitrogens with zero attached hydrogens (tertiary/aromatic N) is 3. The van der Waals surface area contributed by atoms with Crippen molar-refractivity contribution in [3.63, 3.8) is 0 Å². The summed E-state index contributed by atoms with van der Waals surface area (Å²) >= 11 is 1.37.